The minimum absolute atomic E-state index is 0.0519. The minimum atomic E-state index is -1.44. The number of thiazole rings is 1. The van der Waals surface area contributed by atoms with Gasteiger partial charge in [0.1, 0.15) is 15.5 Å². The van der Waals surface area contributed by atoms with Gasteiger partial charge in [-0.1, -0.05) is 12.1 Å². The summed E-state index contributed by atoms with van der Waals surface area (Å²) < 4.78 is 18.7. The van der Waals surface area contributed by atoms with Crippen LogP contribution in [0.25, 0.3) is 4.83 Å². The van der Waals surface area contributed by atoms with E-state index in [1.54, 1.807) is 55.7 Å². The maximum atomic E-state index is 13.1. The second-order valence-electron chi connectivity index (χ2n) is 7.24. The highest BCUT2D eigenvalue weighted by atomic mass is 32.2. The molecule has 4 aromatic rings. The SMILES string of the molecule is Cc1c(=O)n(Cc2ccc(OS(C)=O)cc2)c(=O)n2cc(C(=O)NCc3ccncc3)sc12. The lowest BCUT2D eigenvalue weighted by Crippen LogP contribution is -2.38. The van der Waals surface area contributed by atoms with Crippen molar-refractivity contribution in [2.24, 2.45) is 0 Å². The van der Waals surface area contributed by atoms with Gasteiger partial charge in [0.25, 0.3) is 11.5 Å². The molecule has 0 radical (unpaired) electrons. The van der Waals surface area contributed by atoms with Crippen LogP contribution in [0.2, 0.25) is 0 Å². The number of aromatic nitrogens is 3. The summed E-state index contributed by atoms with van der Waals surface area (Å²) in [6.45, 7) is 2.01. The normalized spacial score (nSPS) is 11.9. The number of benzene rings is 1. The molecular weight excluding hydrogens is 464 g/mol. The molecule has 0 aliphatic carbocycles. The number of nitrogens with zero attached hydrogens (tertiary/aromatic N) is 3. The molecule has 11 heteroatoms. The number of carbonyl (C=O) groups is 1. The molecule has 0 bridgehead atoms. The number of rotatable bonds is 7. The van der Waals surface area contributed by atoms with Crippen LogP contribution in [0.4, 0.5) is 0 Å². The van der Waals surface area contributed by atoms with Crippen LogP contribution in [0.5, 0.6) is 5.75 Å². The first-order valence-corrected chi connectivity index (χ1v) is 12.2. The molecule has 0 saturated heterocycles. The molecule has 3 heterocycles. The third-order valence-corrected chi connectivity index (χ3v) is 6.53. The van der Waals surface area contributed by atoms with Crippen LogP contribution in [0.15, 0.2) is 64.6 Å². The third kappa shape index (κ3) is 4.94. The number of fused-ring (bicyclic) bond motifs is 1. The minimum Gasteiger partial charge on any atom is -0.401 e. The van der Waals surface area contributed by atoms with Crippen LogP contribution in [-0.2, 0) is 24.2 Å². The van der Waals surface area contributed by atoms with Crippen molar-refractivity contribution in [2.45, 2.75) is 20.0 Å². The molecule has 1 atom stereocenters. The van der Waals surface area contributed by atoms with Gasteiger partial charge in [-0.2, -0.15) is 0 Å². The summed E-state index contributed by atoms with van der Waals surface area (Å²) in [5.41, 5.74) is 1.04. The standard InChI is InChI=1S/C22H20N4O5S2/c1-14-20(28)25(12-16-3-5-17(6-4-16)31-33(2)30)22(29)26-13-18(32-21(14)26)19(27)24-11-15-7-9-23-10-8-15/h3-10,13H,11-12H2,1-2H3,(H,24,27). The fourth-order valence-electron chi connectivity index (χ4n) is 3.25. The number of hydrogen-bond donors (Lipinski definition) is 1. The van der Waals surface area contributed by atoms with Crippen molar-refractivity contribution < 1.29 is 13.2 Å². The van der Waals surface area contributed by atoms with Gasteiger partial charge >= 0.3 is 5.69 Å². The largest absolute Gasteiger partial charge is 0.401 e. The summed E-state index contributed by atoms with van der Waals surface area (Å²) >= 11 is -0.346. The molecule has 1 N–H and O–H groups in total. The second kappa shape index (κ2) is 9.51. The lowest BCUT2D eigenvalue weighted by molar-refractivity contribution is 0.0954. The Hall–Kier alpha value is -3.57. The highest BCUT2D eigenvalue weighted by molar-refractivity contribution is 7.79. The van der Waals surface area contributed by atoms with Crippen molar-refractivity contribution in [3.63, 3.8) is 0 Å². The summed E-state index contributed by atoms with van der Waals surface area (Å²) in [4.78, 5) is 43.3. The Labute approximate surface area is 195 Å². The fourth-order valence-corrected chi connectivity index (χ4v) is 4.63. The molecule has 170 valence electrons. The highest BCUT2D eigenvalue weighted by Crippen LogP contribution is 2.19. The molecule has 1 aromatic carbocycles. The van der Waals surface area contributed by atoms with Crippen molar-refractivity contribution in [2.75, 3.05) is 6.26 Å². The number of pyridine rings is 1. The molecule has 0 aliphatic rings. The molecule has 3 aromatic heterocycles. The number of carbonyl (C=O) groups excluding carboxylic acids is 1. The van der Waals surface area contributed by atoms with E-state index in [0.717, 1.165) is 21.5 Å². The smallest absolute Gasteiger partial charge is 0.336 e. The summed E-state index contributed by atoms with van der Waals surface area (Å²) in [5.74, 6) is 0.0951. The van der Waals surface area contributed by atoms with Crippen LogP contribution in [0.3, 0.4) is 0 Å². The van der Waals surface area contributed by atoms with Crippen LogP contribution in [-0.4, -0.2) is 30.3 Å². The maximum Gasteiger partial charge on any atom is 0.336 e. The number of aryl methyl sites for hydroxylation is 1. The Balaban J connectivity index is 1.61. The third-order valence-electron chi connectivity index (χ3n) is 4.90. The number of nitrogens with one attached hydrogen (secondary N) is 1. The Bertz CT molecular complexity index is 1460. The zero-order valence-corrected chi connectivity index (χ0v) is 19.4. The molecule has 0 saturated carbocycles. The Morgan fingerprint density at radius 1 is 1.12 bits per heavy atom. The molecule has 0 spiro atoms. The molecule has 9 nitrogen and oxygen atoms in total. The summed E-state index contributed by atoms with van der Waals surface area (Å²) in [5, 5.41) is 2.81. The van der Waals surface area contributed by atoms with Crippen LogP contribution in [0, 0.1) is 6.92 Å². The monoisotopic (exact) mass is 484 g/mol. The van der Waals surface area contributed by atoms with E-state index in [0.29, 0.717) is 33.1 Å². The van der Waals surface area contributed by atoms with Crippen LogP contribution in [0.1, 0.15) is 26.4 Å². The van der Waals surface area contributed by atoms with Crippen molar-refractivity contribution >= 4 is 33.2 Å². The van der Waals surface area contributed by atoms with E-state index in [1.807, 2.05) is 0 Å². The summed E-state index contributed by atoms with van der Waals surface area (Å²) in [7, 11) is 0. The zero-order chi connectivity index (χ0) is 23.5. The predicted octanol–water partition coefficient (Wildman–Crippen LogP) is 1.88. The molecular formula is C22H20N4O5S2. The van der Waals surface area contributed by atoms with Gasteiger partial charge in [0, 0.05) is 37.0 Å². The van der Waals surface area contributed by atoms with Gasteiger partial charge in [-0.05, 0) is 42.3 Å². The highest BCUT2D eigenvalue weighted by Gasteiger charge is 2.17. The lowest BCUT2D eigenvalue weighted by atomic mass is 10.2. The molecule has 4 rings (SSSR count). The summed E-state index contributed by atoms with van der Waals surface area (Å²) in [6.07, 6.45) is 6.16. The van der Waals surface area contributed by atoms with E-state index < -0.39 is 22.3 Å². The first-order valence-electron chi connectivity index (χ1n) is 9.87. The van der Waals surface area contributed by atoms with E-state index in [9.17, 15) is 18.6 Å². The maximum absolute atomic E-state index is 13.1. The van der Waals surface area contributed by atoms with E-state index in [-0.39, 0.29) is 12.5 Å². The fraction of sp³-hybridized carbons (Fsp3) is 0.182. The average Bonchev–Trinajstić information content (AvgIpc) is 3.26. The quantitative estimate of drug-likeness (QED) is 0.429. The first kappa shape index (κ1) is 22.6. The van der Waals surface area contributed by atoms with Gasteiger partial charge in [-0.25, -0.2) is 9.00 Å². The molecule has 0 fully saturated rings. The average molecular weight is 485 g/mol. The Morgan fingerprint density at radius 2 is 1.82 bits per heavy atom. The van der Waals surface area contributed by atoms with Gasteiger partial charge in [0.15, 0.2) is 0 Å². The van der Waals surface area contributed by atoms with Gasteiger partial charge in [-0.3, -0.25) is 23.5 Å². The molecule has 0 aliphatic heterocycles. The van der Waals surface area contributed by atoms with E-state index >= 15 is 0 Å². The van der Waals surface area contributed by atoms with Crippen LogP contribution < -0.4 is 20.7 Å². The van der Waals surface area contributed by atoms with Gasteiger partial charge in [-0.15, -0.1) is 11.3 Å². The summed E-state index contributed by atoms with van der Waals surface area (Å²) in [6, 6.07) is 10.2. The first-order chi connectivity index (χ1) is 15.8. The second-order valence-corrected chi connectivity index (χ2v) is 9.24. The zero-order valence-electron chi connectivity index (χ0n) is 17.8. The topological polar surface area (TPSA) is 112 Å². The van der Waals surface area contributed by atoms with E-state index in [1.165, 1.54) is 16.9 Å². The van der Waals surface area contributed by atoms with Crippen molar-refractivity contribution in [3.05, 3.63) is 97.4 Å². The van der Waals surface area contributed by atoms with Crippen molar-refractivity contribution in [1.82, 2.24) is 19.3 Å². The Morgan fingerprint density at radius 3 is 2.48 bits per heavy atom. The molecule has 1 amide bonds. The van der Waals surface area contributed by atoms with Crippen molar-refractivity contribution in [1.29, 1.82) is 0 Å². The number of hydrogen-bond acceptors (Lipinski definition) is 7. The van der Waals surface area contributed by atoms with E-state index in [2.05, 4.69) is 10.3 Å². The Kier molecular flexibility index (Phi) is 6.52. The molecule has 1 unspecified atom stereocenters. The van der Waals surface area contributed by atoms with E-state index in [4.69, 9.17) is 4.18 Å². The van der Waals surface area contributed by atoms with Gasteiger partial charge in [0.05, 0.1) is 6.54 Å². The number of amides is 1. The van der Waals surface area contributed by atoms with Crippen molar-refractivity contribution in [3.8, 4) is 5.75 Å². The molecule has 33 heavy (non-hydrogen) atoms. The van der Waals surface area contributed by atoms with Gasteiger partial charge in [0.2, 0.25) is 11.1 Å². The van der Waals surface area contributed by atoms with Gasteiger partial charge < -0.3 is 9.50 Å². The predicted molar refractivity (Wildman–Crippen MR) is 126 cm³/mol. The lowest BCUT2D eigenvalue weighted by Gasteiger charge is -2.08. The van der Waals surface area contributed by atoms with Crippen LogP contribution >= 0.6 is 11.3 Å².